The van der Waals surface area contributed by atoms with Crippen molar-refractivity contribution in [2.24, 2.45) is 11.7 Å². The van der Waals surface area contributed by atoms with Gasteiger partial charge in [0.15, 0.2) is 0 Å². The molecule has 0 amide bonds. The van der Waals surface area contributed by atoms with E-state index < -0.39 is 0 Å². The number of hydrogen-bond acceptors (Lipinski definition) is 4. The lowest BCUT2D eigenvalue weighted by Crippen LogP contribution is -2.54. The standard InChI is InChI=1S/C14H30N2O2/c1-4-5-13(15)14(10-17)16(8-9-18-3)11(2)12-6-7-12/h11-14,17H,4-10,15H2,1-3H3. The first-order valence-corrected chi connectivity index (χ1v) is 7.26. The molecular weight excluding hydrogens is 228 g/mol. The molecule has 0 saturated heterocycles. The highest BCUT2D eigenvalue weighted by Crippen LogP contribution is 2.36. The van der Waals surface area contributed by atoms with Crippen molar-refractivity contribution < 1.29 is 9.84 Å². The summed E-state index contributed by atoms with van der Waals surface area (Å²) in [6, 6.07) is 0.619. The maximum Gasteiger partial charge on any atom is 0.0602 e. The first kappa shape index (κ1) is 15.9. The number of rotatable bonds is 10. The number of hydrogen-bond donors (Lipinski definition) is 2. The van der Waals surface area contributed by atoms with Crippen LogP contribution >= 0.6 is 0 Å². The van der Waals surface area contributed by atoms with Crippen LogP contribution in [-0.4, -0.2) is 55.0 Å². The van der Waals surface area contributed by atoms with Crippen LogP contribution in [0.1, 0.15) is 39.5 Å². The van der Waals surface area contributed by atoms with Gasteiger partial charge in [0, 0.05) is 31.8 Å². The van der Waals surface area contributed by atoms with Gasteiger partial charge in [-0.1, -0.05) is 13.3 Å². The maximum atomic E-state index is 9.68. The zero-order valence-electron chi connectivity index (χ0n) is 12.1. The Kier molecular flexibility index (Phi) is 7.15. The first-order chi connectivity index (χ1) is 8.65. The molecule has 1 aliphatic carbocycles. The summed E-state index contributed by atoms with van der Waals surface area (Å²) in [5, 5.41) is 9.68. The van der Waals surface area contributed by atoms with Crippen molar-refractivity contribution in [3.63, 3.8) is 0 Å². The largest absolute Gasteiger partial charge is 0.395 e. The summed E-state index contributed by atoms with van der Waals surface area (Å²) in [4.78, 5) is 2.36. The van der Waals surface area contributed by atoms with Crippen molar-refractivity contribution in [2.75, 3.05) is 26.9 Å². The number of methoxy groups -OCH3 is 1. The molecule has 4 heteroatoms. The van der Waals surface area contributed by atoms with Crippen molar-refractivity contribution in [2.45, 2.75) is 57.7 Å². The Morgan fingerprint density at radius 2 is 2.11 bits per heavy atom. The summed E-state index contributed by atoms with van der Waals surface area (Å²) < 4.78 is 5.19. The average Bonchev–Trinajstić information content (AvgIpc) is 3.18. The molecule has 0 bridgehead atoms. The molecule has 1 saturated carbocycles. The number of nitrogens with two attached hydrogens (primary N) is 1. The zero-order valence-corrected chi connectivity index (χ0v) is 12.1. The molecule has 1 rings (SSSR count). The van der Waals surface area contributed by atoms with Crippen molar-refractivity contribution >= 4 is 0 Å². The minimum absolute atomic E-state index is 0.0538. The Hall–Kier alpha value is -0.160. The lowest BCUT2D eigenvalue weighted by atomic mass is 10.0. The van der Waals surface area contributed by atoms with Gasteiger partial charge in [-0.05, 0) is 32.1 Å². The van der Waals surface area contributed by atoms with Gasteiger partial charge in [0.25, 0.3) is 0 Å². The molecule has 1 aliphatic rings. The minimum atomic E-state index is 0.0538. The molecule has 0 aromatic heterocycles. The molecule has 0 spiro atoms. The molecule has 0 aromatic rings. The first-order valence-electron chi connectivity index (χ1n) is 7.26. The smallest absolute Gasteiger partial charge is 0.0602 e. The van der Waals surface area contributed by atoms with Crippen LogP contribution in [0.2, 0.25) is 0 Å². The van der Waals surface area contributed by atoms with Crippen molar-refractivity contribution in [3.05, 3.63) is 0 Å². The fourth-order valence-corrected chi connectivity index (χ4v) is 2.73. The summed E-state index contributed by atoms with van der Waals surface area (Å²) in [5.74, 6) is 0.782. The number of aliphatic hydroxyl groups is 1. The summed E-state index contributed by atoms with van der Waals surface area (Å²) in [6.07, 6.45) is 4.65. The summed E-state index contributed by atoms with van der Waals surface area (Å²) in [7, 11) is 1.72. The predicted octanol–water partition coefficient (Wildman–Crippen LogP) is 1.22. The van der Waals surface area contributed by atoms with Crippen molar-refractivity contribution in [1.82, 2.24) is 4.90 Å². The topological polar surface area (TPSA) is 58.7 Å². The van der Waals surface area contributed by atoms with Gasteiger partial charge in [-0.2, -0.15) is 0 Å². The van der Waals surface area contributed by atoms with Gasteiger partial charge in [-0.15, -0.1) is 0 Å². The Bertz CT molecular complexity index is 222. The highest BCUT2D eigenvalue weighted by Gasteiger charge is 2.36. The fourth-order valence-electron chi connectivity index (χ4n) is 2.73. The fraction of sp³-hybridized carbons (Fsp3) is 1.00. The van der Waals surface area contributed by atoms with Crippen LogP contribution in [0.25, 0.3) is 0 Å². The zero-order chi connectivity index (χ0) is 13.5. The van der Waals surface area contributed by atoms with Gasteiger partial charge >= 0.3 is 0 Å². The average molecular weight is 258 g/mol. The molecule has 0 aromatic carbocycles. The summed E-state index contributed by atoms with van der Waals surface area (Å²) >= 11 is 0. The van der Waals surface area contributed by atoms with Gasteiger partial charge < -0.3 is 15.6 Å². The van der Waals surface area contributed by atoms with Crippen LogP contribution in [-0.2, 0) is 4.74 Å². The van der Waals surface area contributed by atoms with Gasteiger partial charge in [0.05, 0.1) is 13.2 Å². The van der Waals surface area contributed by atoms with Crippen LogP contribution in [0.5, 0.6) is 0 Å². The third-order valence-corrected chi connectivity index (χ3v) is 4.11. The van der Waals surface area contributed by atoms with Crippen LogP contribution in [0.15, 0.2) is 0 Å². The molecule has 0 radical (unpaired) electrons. The van der Waals surface area contributed by atoms with E-state index in [0.29, 0.717) is 12.6 Å². The van der Waals surface area contributed by atoms with E-state index in [9.17, 15) is 5.11 Å². The second kappa shape index (κ2) is 8.10. The molecule has 4 nitrogen and oxygen atoms in total. The Labute approximate surface area is 111 Å². The van der Waals surface area contributed by atoms with E-state index in [1.165, 1.54) is 12.8 Å². The van der Waals surface area contributed by atoms with E-state index in [2.05, 4.69) is 18.7 Å². The highest BCUT2D eigenvalue weighted by atomic mass is 16.5. The van der Waals surface area contributed by atoms with Gasteiger partial charge in [0.1, 0.15) is 0 Å². The second-order valence-corrected chi connectivity index (χ2v) is 5.51. The van der Waals surface area contributed by atoms with Gasteiger partial charge in [-0.3, -0.25) is 4.90 Å². The Morgan fingerprint density at radius 3 is 2.56 bits per heavy atom. The molecule has 3 N–H and O–H groups in total. The number of nitrogens with zero attached hydrogens (tertiary/aromatic N) is 1. The van der Waals surface area contributed by atoms with Crippen LogP contribution in [0.3, 0.4) is 0 Å². The van der Waals surface area contributed by atoms with Gasteiger partial charge in [0.2, 0.25) is 0 Å². The number of ether oxygens (including phenoxy) is 1. The third-order valence-electron chi connectivity index (χ3n) is 4.11. The lowest BCUT2D eigenvalue weighted by Gasteiger charge is -2.38. The molecule has 0 heterocycles. The highest BCUT2D eigenvalue weighted by molar-refractivity contribution is 4.91. The maximum absolute atomic E-state index is 9.68. The molecule has 0 aliphatic heterocycles. The summed E-state index contributed by atoms with van der Waals surface area (Å²) in [5.41, 5.74) is 6.23. The van der Waals surface area contributed by atoms with Crippen molar-refractivity contribution in [3.8, 4) is 0 Å². The second-order valence-electron chi connectivity index (χ2n) is 5.51. The van der Waals surface area contributed by atoms with Gasteiger partial charge in [-0.25, -0.2) is 0 Å². The molecule has 3 atom stereocenters. The molecule has 1 fully saturated rings. The Morgan fingerprint density at radius 1 is 1.44 bits per heavy atom. The third kappa shape index (κ3) is 4.50. The monoisotopic (exact) mass is 258 g/mol. The Balaban J connectivity index is 2.63. The van der Waals surface area contributed by atoms with E-state index in [1.54, 1.807) is 7.11 Å². The van der Waals surface area contributed by atoms with E-state index in [-0.39, 0.29) is 18.7 Å². The van der Waals surface area contributed by atoms with E-state index >= 15 is 0 Å². The quantitative estimate of drug-likeness (QED) is 0.618. The van der Waals surface area contributed by atoms with E-state index in [0.717, 1.165) is 25.3 Å². The normalized spacial score (nSPS) is 21.0. The SMILES string of the molecule is CCCC(N)C(CO)N(CCOC)C(C)C1CC1. The number of aliphatic hydroxyl groups excluding tert-OH is 1. The van der Waals surface area contributed by atoms with E-state index in [1.807, 2.05) is 0 Å². The minimum Gasteiger partial charge on any atom is -0.395 e. The molecular formula is C14H30N2O2. The molecule has 18 heavy (non-hydrogen) atoms. The molecule has 108 valence electrons. The van der Waals surface area contributed by atoms with Crippen LogP contribution < -0.4 is 5.73 Å². The lowest BCUT2D eigenvalue weighted by molar-refractivity contribution is 0.0390. The van der Waals surface area contributed by atoms with Crippen LogP contribution in [0, 0.1) is 5.92 Å². The van der Waals surface area contributed by atoms with E-state index in [4.69, 9.17) is 10.5 Å². The van der Waals surface area contributed by atoms with Crippen molar-refractivity contribution in [1.29, 1.82) is 0 Å². The molecule has 3 unspecified atom stereocenters. The predicted molar refractivity (Wildman–Crippen MR) is 74.5 cm³/mol. The van der Waals surface area contributed by atoms with Crippen LogP contribution in [0.4, 0.5) is 0 Å². The summed E-state index contributed by atoms with van der Waals surface area (Å²) in [6.45, 7) is 6.10.